The molecule has 0 aromatic carbocycles. The molecule has 1 aliphatic heterocycles. The van der Waals surface area contributed by atoms with E-state index in [1.165, 1.54) is 64.2 Å². The summed E-state index contributed by atoms with van der Waals surface area (Å²) in [5.74, 6) is 0. The molecule has 16 heavy (non-hydrogen) atoms. The summed E-state index contributed by atoms with van der Waals surface area (Å²) >= 11 is 0. The van der Waals surface area contributed by atoms with Gasteiger partial charge in [0.2, 0.25) is 0 Å². The molecule has 2 nitrogen and oxygen atoms in total. The van der Waals surface area contributed by atoms with Gasteiger partial charge in [0.25, 0.3) is 0 Å². The number of rotatable bonds is 5. The highest BCUT2D eigenvalue weighted by Gasteiger charge is 2.40. The minimum atomic E-state index is 0.325. The minimum Gasteiger partial charge on any atom is -0.372 e. The number of hydrogen-bond acceptors (Lipinski definition) is 2. The van der Waals surface area contributed by atoms with E-state index in [1.807, 2.05) is 7.05 Å². The summed E-state index contributed by atoms with van der Waals surface area (Å²) in [6.07, 6.45) is 14.0. The first-order valence-corrected chi connectivity index (χ1v) is 7.17. The lowest BCUT2D eigenvalue weighted by Crippen LogP contribution is -2.31. The Labute approximate surface area is 100 Å². The fraction of sp³-hybridized carbons (Fsp3) is 1.00. The van der Waals surface area contributed by atoms with Crippen LogP contribution in [0.2, 0.25) is 0 Å². The molecule has 0 aromatic rings. The van der Waals surface area contributed by atoms with Crippen LogP contribution in [0.5, 0.6) is 0 Å². The van der Waals surface area contributed by atoms with Gasteiger partial charge in [-0.05, 0) is 58.5 Å². The SMILES string of the molecule is CNCCCCC1CCC2(CCCCC2)O1. The van der Waals surface area contributed by atoms with Crippen molar-refractivity contribution in [3.63, 3.8) is 0 Å². The van der Waals surface area contributed by atoms with Gasteiger partial charge in [-0.3, -0.25) is 0 Å². The fourth-order valence-electron chi connectivity index (χ4n) is 3.34. The second kappa shape index (κ2) is 6.02. The second-order valence-electron chi connectivity index (χ2n) is 5.62. The standard InChI is InChI=1S/C14H27NO/c1-15-12-6-3-7-13-8-11-14(16-13)9-4-2-5-10-14/h13,15H,2-12H2,1H3. The Morgan fingerprint density at radius 3 is 2.69 bits per heavy atom. The predicted octanol–water partition coefficient (Wildman–Crippen LogP) is 3.26. The largest absolute Gasteiger partial charge is 0.372 e. The van der Waals surface area contributed by atoms with Crippen LogP contribution in [0, 0.1) is 0 Å². The Bertz CT molecular complexity index is 199. The van der Waals surface area contributed by atoms with Gasteiger partial charge in [-0.1, -0.05) is 19.3 Å². The first kappa shape index (κ1) is 12.4. The molecule has 1 atom stereocenters. The van der Waals surface area contributed by atoms with E-state index < -0.39 is 0 Å². The Hall–Kier alpha value is -0.0800. The van der Waals surface area contributed by atoms with Gasteiger partial charge in [0.1, 0.15) is 0 Å². The Morgan fingerprint density at radius 1 is 1.12 bits per heavy atom. The lowest BCUT2D eigenvalue weighted by Gasteiger charge is -2.33. The van der Waals surface area contributed by atoms with E-state index in [-0.39, 0.29) is 0 Å². The third-order valence-corrected chi connectivity index (χ3v) is 4.31. The van der Waals surface area contributed by atoms with E-state index in [2.05, 4.69) is 5.32 Å². The Kier molecular flexibility index (Phi) is 4.66. The van der Waals surface area contributed by atoms with Crippen molar-refractivity contribution >= 4 is 0 Å². The van der Waals surface area contributed by atoms with Crippen LogP contribution in [-0.2, 0) is 4.74 Å². The van der Waals surface area contributed by atoms with Crippen molar-refractivity contribution in [3.05, 3.63) is 0 Å². The summed E-state index contributed by atoms with van der Waals surface area (Å²) in [4.78, 5) is 0. The summed E-state index contributed by atoms with van der Waals surface area (Å²) in [7, 11) is 2.03. The molecule has 0 bridgehead atoms. The number of unbranched alkanes of at least 4 members (excludes halogenated alkanes) is 1. The maximum Gasteiger partial charge on any atom is 0.0687 e. The lowest BCUT2D eigenvalue weighted by atomic mass is 9.83. The second-order valence-corrected chi connectivity index (χ2v) is 5.62. The molecule has 2 fully saturated rings. The van der Waals surface area contributed by atoms with Crippen LogP contribution in [0.25, 0.3) is 0 Å². The molecule has 1 heterocycles. The van der Waals surface area contributed by atoms with Crippen molar-refractivity contribution in [1.82, 2.24) is 5.32 Å². The van der Waals surface area contributed by atoms with Gasteiger partial charge in [0.05, 0.1) is 11.7 Å². The molecule has 2 heteroatoms. The zero-order valence-electron chi connectivity index (χ0n) is 10.8. The monoisotopic (exact) mass is 225 g/mol. The first-order valence-electron chi connectivity index (χ1n) is 7.17. The summed E-state index contributed by atoms with van der Waals surface area (Å²) in [6.45, 7) is 1.15. The van der Waals surface area contributed by atoms with E-state index in [4.69, 9.17) is 4.74 Å². The Balaban J connectivity index is 1.66. The smallest absolute Gasteiger partial charge is 0.0687 e. The van der Waals surface area contributed by atoms with Crippen LogP contribution in [0.15, 0.2) is 0 Å². The molecule has 1 saturated heterocycles. The third-order valence-electron chi connectivity index (χ3n) is 4.31. The quantitative estimate of drug-likeness (QED) is 0.725. The van der Waals surface area contributed by atoms with Gasteiger partial charge >= 0.3 is 0 Å². The van der Waals surface area contributed by atoms with Gasteiger partial charge in [0.15, 0.2) is 0 Å². The molecule has 94 valence electrons. The maximum absolute atomic E-state index is 6.35. The summed E-state index contributed by atoms with van der Waals surface area (Å²) in [5.41, 5.74) is 0.325. The molecule has 0 radical (unpaired) electrons. The Morgan fingerprint density at radius 2 is 1.94 bits per heavy atom. The molecule has 1 saturated carbocycles. The molecule has 1 N–H and O–H groups in total. The lowest BCUT2D eigenvalue weighted by molar-refractivity contribution is -0.0660. The summed E-state index contributed by atoms with van der Waals surface area (Å²) in [6, 6.07) is 0. The third kappa shape index (κ3) is 3.21. The molecule has 1 unspecified atom stereocenters. The molecule has 0 aromatic heterocycles. The van der Waals surface area contributed by atoms with Crippen LogP contribution >= 0.6 is 0 Å². The van der Waals surface area contributed by atoms with Crippen LogP contribution in [0.1, 0.15) is 64.2 Å². The summed E-state index contributed by atoms with van der Waals surface area (Å²) in [5, 5.41) is 3.21. The van der Waals surface area contributed by atoms with Crippen LogP contribution < -0.4 is 5.32 Å². The number of hydrogen-bond donors (Lipinski definition) is 1. The van der Waals surface area contributed by atoms with Crippen molar-refractivity contribution in [1.29, 1.82) is 0 Å². The molecule has 1 spiro atoms. The predicted molar refractivity (Wildman–Crippen MR) is 67.7 cm³/mol. The molecule has 2 aliphatic rings. The topological polar surface area (TPSA) is 21.3 Å². The van der Waals surface area contributed by atoms with Crippen molar-refractivity contribution < 1.29 is 4.74 Å². The zero-order valence-corrected chi connectivity index (χ0v) is 10.8. The maximum atomic E-state index is 6.35. The minimum absolute atomic E-state index is 0.325. The van der Waals surface area contributed by atoms with Crippen molar-refractivity contribution in [2.75, 3.05) is 13.6 Å². The van der Waals surface area contributed by atoms with Crippen molar-refractivity contribution in [3.8, 4) is 0 Å². The van der Waals surface area contributed by atoms with Crippen LogP contribution in [0.4, 0.5) is 0 Å². The normalized spacial score (nSPS) is 28.7. The molecule has 0 amide bonds. The van der Waals surface area contributed by atoms with E-state index in [0.29, 0.717) is 11.7 Å². The average Bonchev–Trinajstić information content (AvgIpc) is 2.69. The van der Waals surface area contributed by atoms with Gasteiger partial charge in [0, 0.05) is 0 Å². The van der Waals surface area contributed by atoms with Gasteiger partial charge < -0.3 is 10.1 Å². The number of ether oxygens (including phenoxy) is 1. The van der Waals surface area contributed by atoms with E-state index >= 15 is 0 Å². The zero-order chi connectivity index (χ0) is 11.3. The van der Waals surface area contributed by atoms with Crippen LogP contribution in [0.3, 0.4) is 0 Å². The van der Waals surface area contributed by atoms with Crippen LogP contribution in [-0.4, -0.2) is 25.3 Å². The number of nitrogens with one attached hydrogen (secondary N) is 1. The van der Waals surface area contributed by atoms with Gasteiger partial charge in [-0.15, -0.1) is 0 Å². The average molecular weight is 225 g/mol. The highest BCUT2D eigenvalue weighted by Crippen LogP contribution is 2.42. The summed E-state index contributed by atoms with van der Waals surface area (Å²) < 4.78 is 6.35. The molecular formula is C14H27NO. The van der Waals surface area contributed by atoms with Gasteiger partial charge in [-0.2, -0.15) is 0 Å². The molecule has 2 rings (SSSR count). The molecular weight excluding hydrogens is 198 g/mol. The van der Waals surface area contributed by atoms with E-state index in [1.54, 1.807) is 0 Å². The van der Waals surface area contributed by atoms with Crippen molar-refractivity contribution in [2.45, 2.75) is 75.9 Å². The van der Waals surface area contributed by atoms with E-state index in [9.17, 15) is 0 Å². The highest BCUT2D eigenvalue weighted by molar-refractivity contribution is 4.91. The fourth-order valence-corrected chi connectivity index (χ4v) is 3.34. The van der Waals surface area contributed by atoms with Crippen molar-refractivity contribution in [2.24, 2.45) is 0 Å². The van der Waals surface area contributed by atoms with E-state index in [0.717, 1.165) is 6.54 Å². The molecule has 1 aliphatic carbocycles. The highest BCUT2D eigenvalue weighted by atomic mass is 16.5. The van der Waals surface area contributed by atoms with Gasteiger partial charge in [-0.25, -0.2) is 0 Å². The first-order chi connectivity index (χ1) is 7.85.